The molecule has 0 heterocycles. The number of nitrogens with one attached hydrogen (secondary N) is 2. The van der Waals surface area contributed by atoms with E-state index in [1.807, 2.05) is 0 Å². The summed E-state index contributed by atoms with van der Waals surface area (Å²) in [6.45, 7) is -0.269. The minimum absolute atomic E-state index is 0.0267. The lowest BCUT2D eigenvalue weighted by Gasteiger charge is -2.20. The highest BCUT2D eigenvalue weighted by atomic mass is 79.9. The maximum atomic E-state index is 12.9. The van der Waals surface area contributed by atoms with Gasteiger partial charge in [-0.15, -0.1) is 0 Å². The highest BCUT2D eigenvalue weighted by Gasteiger charge is 2.21. The molecule has 0 spiro atoms. The fraction of sp³-hybridized carbons (Fsp3) is 0.467. The Morgan fingerprint density at radius 2 is 1.95 bits per heavy atom. The van der Waals surface area contributed by atoms with E-state index < -0.39 is 11.7 Å². The normalized spacial score (nSPS) is 15.2. The lowest BCUT2D eigenvalue weighted by molar-refractivity contribution is -0.132. The van der Waals surface area contributed by atoms with Crippen LogP contribution in [0.1, 0.15) is 32.1 Å². The van der Waals surface area contributed by atoms with Crippen molar-refractivity contribution in [3.05, 3.63) is 28.5 Å². The molecule has 1 aromatic rings. The number of rotatable bonds is 4. The molecule has 0 bridgehead atoms. The number of halogens is 2. The molecule has 2 rings (SSSR count). The summed E-state index contributed by atoms with van der Waals surface area (Å²) < 4.78 is 18.6. The van der Waals surface area contributed by atoms with Gasteiger partial charge in [-0.3, -0.25) is 20.4 Å². The van der Waals surface area contributed by atoms with Crippen molar-refractivity contribution in [2.24, 2.45) is 5.92 Å². The Balaban J connectivity index is 1.72. The van der Waals surface area contributed by atoms with Gasteiger partial charge in [-0.1, -0.05) is 19.3 Å². The molecule has 0 saturated heterocycles. The van der Waals surface area contributed by atoms with Crippen molar-refractivity contribution in [1.82, 2.24) is 10.9 Å². The van der Waals surface area contributed by atoms with E-state index in [2.05, 4.69) is 26.8 Å². The lowest BCUT2D eigenvalue weighted by Crippen LogP contribution is -2.46. The number of hydrazine groups is 1. The topological polar surface area (TPSA) is 67.4 Å². The van der Waals surface area contributed by atoms with Crippen LogP contribution in [0.25, 0.3) is 0 Å². The molecule has 1 saturated carbocycles. The quantitative estimate of drug-likeness (QED) is 0.798. The van der Waals surface area contributed by atoms with Gasteiger partial charge < -0.3 is 4.74 Å². The van der Waals surface area contributed by atoms with Crippen LogP contribution >= 0.6 is 15.9 Å². The van der Waals surface area contributed by atoms with Gasteiger partial charge in [0.15, 0.2) is 6.61 Å². The molecule has 1 aromatic carbocycles. The summed E-state index contributed by atoms with van der Waals surface area (Å²) in [5, 5.41) is 0. The standard InChI is InChI=1S/C15H18BrFN2O3/c16-12-8-11(17)6-7-13(12)22-9-14(20)18-19-15(21)10-4-2-1-3-5-10/h6-8,10H,1-5,9H2,(H,18,20)(H,19,21). The number of carbonyl (C=O) groups excluding carboxylic acids is 2. The number of hydrogen-bond acceptors (Lipinski definition) is 3. The number of amides is 2. The van der Waals surface area contributed by atoms with E-state index in [-0.39, 0.29) is 18.4 Å². The van der Waals surface area contributed by atoms with Crippen LogP contribution in [-0.4, -0.2) is 18.4 Å². The molecule has 2 amide bonds. The predicted molar refractivity (Wildman–Crippen MR) is 82.5 cm³/mol. The zero-order chi connectivity index (χ0) is 15.9. The Bertz CT molecular complexity index is 548. The fourth-order valence-corrected chi connectivity index (χ4v) is 2.84. The third-order valence-electron chi connectivity index (χ3n) is 3.55. The molecule has 0 radical (unpaired) electrons. The minimum atomic E-state index is -0.472. The lowest BCUT2D eigenvalue weighted by atomic mass is 9.89. The van der Waals surface area contributed by atoms with Crippen LogP contribution in [0.3, 0.4) is 0 Å². The Morgan fingerprint density at radius 1 is 1.23 bits per heavy atom. The largest absolute Gasteiger partial charge is 0.483 e. The number of hydrogen-bond donors (Lipinski definition) is 2. The second kappa shape index (κ2) is 8.12. The van der Waals surface area contributed by atoms with E-state index in [0.29, 0.717) is 10.2 Å². The van der Waals surface area contributed by atoms with Crippen LogP contribution in [0.5, 0.6) is 5.75 Å². The molecule has 120 valence electrons. The van der Waals surface area contributed by atoms with Gasteiger partial charge in [0.1, 0.15) is 11.6 Å². The van der Waals surface area contributed by atoms with Crippen molar-refractivity contribution < 1.29 is 18.7 Å². The molecule has 0 atom stereocenters. The van der Waals surface area contributed by atoms with E-state index in [1.54, 1.807) is 0 Å². The number of ether oxygens (including phenoxy) is 1. The molecular formula is C15H18BrFN2O3. The fourth-order valence-electron chi connectivity index (χ4n) is 2.37. The summed E-state index contributed by atoms with van der Waals surface area (Å²) in [6.07, 6.45) is 4.99. The van der Waals surface area contributed by atoms with Gasteiger partial charge in [-0.05, 0) is 47.0 Å². The maximum absolute atomic E-state index is 12.9. The van der Waals surface area contributed by atoms with Gasteiger partial charge >= 0.3 is 0 Å². The minimum Gasteiger partial charge on any atom is -0.483 e. The number of carbonyl (C=O) groups is 2. The van der Waals surface area contributed by atoms with Crippen LogP contribution in [0.2, 0.25) is 0 Å². The van der Waals surface area contributed by atoms with Crippen LogP contribution in [0, 0.1) is 11.7 Å². The van der Waals surface area contributed by atoms with E-state index in [1.165, 1.54) is 18.2 Å². The first kappa shape index (κ1) is 16.7. The molecule has 5 nitrogen and oxygen atoms in total. The molecule has 22 heavy (non-hydrogen) atoms. The van der Waals surface area contributed by atoms with Crippen LogP contribution in [0.4, 0.5) is 4.39 Å². The van der Waals surface area contributed by atoms with Crippen molar-refractivity contribution >= 4 is 27.7 Å². The van der Waals surface area contributed by atoms with Gasteiger partial charge in [-0.25, -0.2) is 4.39 Å². The van der Waals surface area contributed by atoms with Gasteiger partial charge in [0.2, 0.25) is 5.91 Å². The first-order valence-corrected chi connectivity index (χ1v) is 8.02. The Labute approximate surface area is 136 Å². The monoisotopic (exact) mass is 372 g/mol. The highest BCUT2D eigenvalue weighted by Crippen LogP contribution is 2.25. The Morgan fingerprint density at radius 3 is 2.64 bits per heavy atom. The summed E-state index contributed by atoms with van der Waals surface area (Å²) in [5.41, 5.74) is 4.75. The van der Waals surface area contributed by atoms with Crippen LogP contribution in [0.15, 0.2) is 22.7 Å². The Hall–Kier alpha value is -1.63. The van der Waals surface area contributed by atoms with Gasteiger partial charge in [0.25, 0.3) is 5.91 Å². The zero-order valence-corrected chi connectivity index (χ0v) is 13.6. The van der Waals surface area contributed by atoms with Gasteiger partial charge in [-0.2, -0.15) is 0 Å². The Kier molecular flexibility index (Phi) is 6.18. The predicted octanol–water partition coefficient (Wildman–Crippen LogP) is 2.69. The summed E-state index contributed by atoms with van der Waals surface area (Å²) >= 11 is 3.15. The molecule has 0 aliphatic heterocycles. The summed E-state index contributed by atoms with van der Waals surface area (Å²) in [6, 6.07) is 3.91. The highest BCUT2D eigenvalue weighted by molar-refractivity contribution is 9.10. The molecule has 1 aliphatic carbocycles. The van der Waals surface area contributed by atoms with E-state index >= 15 is 0 Å². The summed E-state index contributed by atoms with van der Waals surface area (Å²) in [7, 11) is 0. The zero-order valence-electron chi connectivity index (χ0n) is 12.0. The second-order valence-corrected chi connectivity index (χ2v) is 6.09. The second-order valence-electron chi connectivity index (χ2n) is 5.24. The van der Waals surface area contributed by atoms with Crippen molar-refractivity contribution in [3.63, 3.8) is 0 Å². The van der Waals surface area contributed by atoms with Gasteiger partial charge in [0.05, 0.1) is 4.47 Å². The molecule has 1 aliphatic rings. The van der Waals surface area contributed by atoms with Crippen molar-refractivity contribution in [2.45, 2.75) is 32.1 Å². The first-order valence-electron chi connectivity index (χ1n) is 7.23. The molecule has 0 unspecified atom stereocenters. The SMILES string of the molecule is O=C(COc1ccc(F)cc1Br)NNC(=O)C1CCCCC1. The first-order chi connectivity index (χ1) is 10.6. The molecule has 7 heteroatoms. The third kappa shape index (κ3) is 4.98. The smallest absolute Gasteiger partial charge is 0.276 e. The van der Waals surface area contributed by atoms with E-state index in [4.69, 9.17) is 4.74 Å². The van der Waals surface area contributed by atoms with Crippen LogP contribution < -0.4 is 15.6 Å². The van der Waals surface area contributed by atoms with E-state index in [9.17, 15) is 14.0 Å². The van der Waals surface area contributed by atoms with Crippen molar-refractivity contribution in [2.75, 3.05) is 6.61 Å². The average Bonchev–Trinajstić information content (AvgIpc) is 2.52. The number of benzene rings is 1. The average molecular weight is 373 g/mol. The summed E-state index contributed by atoms with van der Waals surface area (Å²) in [5.74, 6) is -0.698. The maximum Gasteiger partial charge on any atom is 0.276 e. The van der Waals surface area contributed by atoms with Gasteiger partial charge in [0, 0.05) is 5.92 Å². The van der Waals surface area contributed by atoms with E-state index in [0.717, 1.165) is 32.1 Å². The van der Waals surface area contributed by atoms with Crippen LogP contribution in [-0.2, 0) is 9.59 Å². The third-order valence-corrected chi connectivity index (χ3v) is 4.17. The summed E-state index contributed by atoms with van der Waals surface area (Å²) in [4.78, 5) is 23.5. The molecule has 0 aromatic heterocycles. The molecule has 2 N–H and O–H groups in total. The molecular weight excluding hydrogens is 355 g/mol. The van der Waals surface area contributed by atoms with Crippen molar-refractivity contribution in [3.8, 4) is 5.75 Å². The van der Waals surface area contributed by atoms with Crippen molar-refractivity contribution in [1.29, 1.82) is 0 Å². The molecule has 1 fully saturated rings.